The Labute approximate surface area is 160 Å². The third-order valence-electron chi connectivity index (χ3n) is 4.72. The molecule has 1 saturated heterocycles. The zero-order valence-corrected chi connectivity index (χ0v) is 15.8. The number of piperidine rings is 1. The molecule has 0 bridgehead atoms. The number of nitrogens with one attached hydrogen (secondary N) is 1. The van der Waals surface area contributed by atoms with Crippen molar-refractivity contribution in [2.24, 2.45) is 0 Å². The molecule has 1 fully saturated rings. The first-order chi connectivity index (χ1) is 13.2. The number of rotatable bonds is 7. The van der Waals surface area contributed by atoms with Crippen LogP contribution < -0.4 is 19.7 Å². The van der Waals surface area contributed by atoms with Gasteiger partial charge in [-0.2, -0.15) is 0 Å². The Morgan fingerprint density at radius 3 is 2.33 bits per heavy atom. The number of para-hydroxylation sites is 2. The fraction of sp³-hybridized carbons (Fsp3) is 0.381. The largest absolute Gasteiger partial charge is 0.493 e. The number of benzene rings is 2. The van der Waals surface area contributed by atoms with Crippen LogP contribution in [0.25, 0.3) is 0 Å². The molecule has 0 unspecified atom stereocenters. The van der Waals surface area contributed by atoms with Crippen molar-refractivity contribution in [3.8, 4) is 11.5 Å². The van der Waals surface area contributed by atoms with E-state index in [1.807, 2.05) is 36.4 Å². The minimum absolute atomic E-state index is 0.0767. The number of nitrogens with zero attached hydrogens (tertiary/aromatic N) is 1. The molecule has 2 aromatic rings. The highest BCUT2D eigenvalue weighted by molar-refractivity contribution is 5.92. The summed E-state index contributed by atoms with van der Waals surface area (Å²) in [7, 11) is 3.34. The maximum Gasteiger partial charge on any atom is 0.262 e. The van der Waals surface area contributed by atoms with Crippen molar-refractivity contribution >= 4 is 17.3 Å². The van der Waals surface area contributed by atoms with E-state index in [9.17, 15) is 4.79 Å². The van der Waals surface area contributed by atoms with Crippen molar-refractivity contribution in [1.82, 2.24) is 0 Å². The third-order valence-corrected chi connectivity index (χ3v) is 4.72. The lowest BCUT2D eigenvalue weighted by atomic mass is 10.1. The highest BCUT2D eigenvalue weighted by atomic mass is 16.5. The molecule has 0 aromatic heterocycles. The Morgan fingerprint density at radius 2 is 1.70 bits per heavy atom. The molecule has 2 aromatic carbocycles. The average Bonchev–Trinajstić information content (AvgIpc) is 2.73. The smallest absolute Gasteiger partial charge is 0.262 e. The number of anilines is 2. The van der Waals surface area contributed by atoms with Gasteiger partial charge >= 0.3 is 0 Å². The van der Waals surface area contributed by atoms with Crippen LogP contribution in [0.15, 0.2) is 48.5 Å². The van der Waals surface area contributed by atoms with Crippen LogP contribution in [0.1, 0.15) is 12.8 Å². The zero-order valence-electron chi connectivity index (χ0n) is 15.8. The predicted molar refractivity (Wildman–Crippen MR) is 106 cm³/mol. The fourth-order valence-electron chi connectivity index (χ4n) is 3.18. The van der Waals surface area contributed by atoms with E-state index in [0.29, 0.717) is 17.6 Å². The third kappa shape index (κ3) is 5.14. The molecule has 1 aliphatic rings. The monoisotopic (exact) mass is 370 g/mol. The van der Waals surface area contributed by atoms with Gasteiger partial charge in [-0.25, -0.2) is 0 Å². The van der Waals surface area contributed by atoms with Crippen LogP contribution in [0.5, 0.6) is 11.5 Å². The first kappa shape index (κ1) is 19.0. The SMILES string of the molecule is COc1ccccc1OCC(=O)Nc1ccc(N2CCC(OC)CC2)cc1. The van der Waals surface area contributed by atoms with Gasteiger partial charge in [0.1, 0.15) is 0 Å². The summed E-state index contributed by atoms with van der Waals surface area (Å²) in [5, 5.41) is 2.85. The highest BCUT2D eigenvalue weighted by Gasteiger charge is 2.18. The van der Waals surface area contributed by atoms with E-state index in [4.69, 9.17) is 14.2 Å². The zero-order chi connectivity index (χ0) is 19.1. The summed E-state index contributed by atoms with van der Waals surface area (Å²) in [5.74, 6) is 0.937. The van der Waals surface area contributed by atoms with Gasteiger partial charge < -0.3 is 24.4 Å². The molecule has 0 saturated carbocycles. The highest BCUT2D eigenvalue weighted by Crippen LogP contribution is 2.26. The van der Waals surface area contributed by atoms with Gasteiger partial charge in [0.2, 0.25) is 0 Å². The number of ether oxygens (including phenoxy) is 3. The van der Waals surface area contributed by atoms with E-state index in [1.165, 1.54) is 0 Å². The van der Waals surface area contributed by atoms with E-state index < -0.39 is 0 Å². The summed E-state index contributed by atoms with van der Waals surface area (Å²) in [6.07, 6.45) is 2.44. The molecule has 0 spiro atoms. The van der Waals surface area contributed by atoms with E-state index in [1.54, 1.807) is 26.4 Å². The quantitative estimate of drug-likeness (QED) is 0.810. The average molecular weight is 370 g/mol. The maximum atomic E-state index is 12.1. The first-order valence-electron chi connectivity index (χ1n) is 9.13. The lowest BCUT2D eigenvalue weighted by Gasteiger charge is -2.33. The maximum absolute atomic E-state index is 12.1. The Bertz CT molecular complexity index is 740. The lowest BCUT2D eigenvalue weighted by molar-refractivity contribution is -0.118. The summed E-state index contributed by atoms with van der Waals surface area (Å²) >= 11 is 0. The molecular formula is C21H26N2O4. The number of hydrogen-bond donors (Lipinski definition) is 1. The summed E-state index contributed by atoms with van der Waals surface area (Å²) in [6.45, 7) is 1.89. The van der Waals surface area contributed by atoms with Crippen LogP contribution >= 0.6 is 0 Å². The van der Waals surface area contributed by atoms with Crippen LogP contribution in [0, 0.1) is 0 Å². The number of hydrogen-bond acceptors (Lipinski definition) is 5. The topological polar surface area (TPSA) is 60.0 Å². The van der Waals surface area contributed by atoms with Crippen LogP contribution in [-0.4, -0.2) is 45.9 Å². The Hall–Kier alpha value is -2.73. The molecular weight excluding hydrogens is 344 g/mol. The number of methoxy groups -OCH3 is 2. The summed E-state index contributed by atoms with van der Waals surface area (Å²) in [4.78, 5) is 14.5. The van der Waals surface area contributed by atoms with Crippen molar-refractivity contribution in [3.05, 3.63) is 48.5 Å². The van der Waals surface area contributed by atoms with Gasteiger partial charge in [-0.05, 0) is 49.2 Å². The van der Waals surface area contributed by atoms with Gasteiger partial charge in [-0.15, -0.1) is 0 Å². The molecule has 1 heterocycles. The van der Waals surface area contributed by atoms with Gasteiger partial charge in [0.25, 0.3) is 5.91 Å². The van der Waals surface area contributed by atoms with Gasteiger partial charge in [0, 0.05) is 31.6 Å². The molecule has 27 heavy (non-hydrogen) atoms. The first-order valence-corrected chi connectivity index (χ1v) is 9.13. The van der Waals surface area contributed by atoms with Crippen molar-refractivity contribution in [1.29, 1.82) is 0 Å². The second kappa shape index (κ2) is 9.28. The molecule has 0 radical (unpaired) electrons. The predicted octanol–water partition coefficient (Wildman–Crippen LogP) is 3.33. The van der Waals surface area contributed by atoms with Crippen LogP contribution in [-0.2, 0) is 9.53 Å². The lowest BCUT2D eigenvalue weighted by Crippen LogP contribution is -2.36. The molecule has 1 N–H and O–H groups in total. The normalized spacial score (nSPS) is 14.7. The van der Waals surface area contributed by atoms with Gasteiger partial charge in [-0.3, -0.25) is 4.79 Å². The number of carbonyl (C=O) groups is 1. The van der Waals surface area contributed by atoms with Crippen molar-refractivity contribution < 1.29 is 19.0 Å². The Balaban J connectivity index is 1.50. The van der Waals surface area contributed by atoms with Crippen LogP contribution in [0.3, 0.4) is 0 Å². The van der Waals surface area contributed by atoms with Crippen molar-refractivity contribution in [2.75, 3.05) is 44.1 Å². The molecule has 144 valence electrons. The summed E-state index contributed by atoms with van der Waals surface area (Å²) in [6, 6.07) is 15.1. The minimum Gasteiger partial charge on any atom is -0.493 e. The standard InChI is InChI=1S/C21H26N2O4/c1-25-18-11-13-23(14-12-18)17-9-7-16(8-10-17)22-21(24)15-27-20-6-4-3-5-19(20)26-2/h3-10,18H,11-15H2,1-2H3,(H,22,24). The van der Waals surface area contributed by atoms with Crippen LogP contribution in [0.4, 0.5) is 11.4 Å². The molecule has 0 atom stereocenters. The molecule has 6 nitrogen and oxygen atoms in total. The summed E-state index contributed by atoms with van der Waals surface area (Å²) in [5.41, 5.74) is 1.91. The number of carbonyl (C=O) groups excluding carboxylic acids is 1. The van der Waals surface area contributed by atoms with Crippen molar-refractivity contribution in [3.63, 3.8) is 0 Å². The fourth-order valence-corrected chi connectivity index (χ4v) is 3.18. The molecule has 3 rings (SSSR count). The summed E-state index contributed by atoms with van der Waals surface area (Å²) < 4.78 is 16.2. The van der Waals surface area contributed by atoms with Gasteiger partial charge in [-0.1, -0.05) is 12.1 Å². The Morgan fingerprint density at radius 1 is 1.04 bits per heavy atom. The minimum atomic E-state index is -0.213. The molecule has 6 heteroatoms. The second-order valence-electron chi connectivity index (χ2n) is 6.46. The second-order valence-corrected chi connectivity index (χ2v) is 6.46. The van der Waals surface area contributed by atoms with Crippen LogP contribution in [0.2, 0.25) is 0 Å². The number of amides is 1. The van der Waals surface area contributed by atoms with E-state index >= 15 is 0 Å². The van der Waals surface area contributed by atoms with Gasteiger partial charge in [0.05, 0.1) is 13.2 Å². The van der Waals surface area contributed by atoms with Crippen molar-refractivity contribution in [2.45, 2.75) is 18.9 Å². The van der Waals surface area contributed by atoms with E-state index in [2.05, 4.69) is 10.2 Å². The molecule has 0 aliphatic carbocycles. The van der Waals surface area contributed by atoms with E-state index in [-0.39, 0.29) is 12.5 Å². The Kier molecular flexibility index (Phi) is 6.54. The molecule has 1 amide bonds. The molecule has 1 aliphatic heterocycles. The van der Waals surface area contributed by atoms with Gasteiger partial charge in [0.15, 0.2) is 18.1 Å². The van der Waals surface area contributed by atoms with E-state index in [0.717, 1.165) is 37.3 Å².